The summed E-state index contributed by atoms with van der Waals surface area (Å²) in [6.45, 7) is 1.96. The van der Waals surface area contributed by atoms with Crippen molar-refractivity contribution < 1.29 is 4.39 Å². The second kappa shape index (κ2) is 9.42. The van der Waals surface area contributed by atoms with Crippen molar-refractivity contribution >= 4 is 34.6 Å². The van der Waals surface area contributed by atoms with Crippen LogP contribution in [0.15, 0.2) is 57.1 Å². The minimum absolute atomic E-state index is 0.325. The zero-order valence-corrected chi connectivity index (χ0v) is 16.2. The zero-order chi connectivity index (χ0) is 19.1. The summed E-state index contributed by atoms with van der Waals surface area (Å²) >= 11 is 7.94. The summed E-state index contributed by atoms with van der Waals surface area (Å²) in [4.78, 5) is 13.4. The first-order valence-corrected chi connectivity index (χ1v) is 8.93. The lowest BCUT2D eigenvalue weighted by molar-refractivity contribution is 0.636. The molecule has 6 nitrogen and oxygen atoms in total. The number of hydrogen-bond donors (Lipinski definition) is 3. The Morgan fingerprint density at radius 2 is 2.12 bits per heavy atom. The second-order valence-electron chi connectivity index (χ2n) is 5.12. The van der Waals surface area contributed by atoms with E-state index in [2.05, 4.69) is 20.7 Å². The van der Waals surface area contributed by atoms with Crippen LogP contribution in [0.5, 0.6) is 0 Å². The van der Waals surface area contributed by atoms with Gasteiger partial charge < -0.3 is 10.7 Å². The highest BCUT2D eigenvalue weighted by molar-refractivity contribution is 7.11. The van der Waals surface area contributed by atoms with Crippen molar-refractivity contribution in [1.82, 2.24) is 15.7 Å². The van der Waals surface area contributed by atoms with Crippen molar-refractivity contribution in [3.63, 3.8) is 0 Å². The predicted octanol–water partition coefficient (Wildman–Crippen LogP) is 3.24. The van der Waals surface area contributed by atoms with E-state index in [4.69, 9.17) is 22.4 Å². The number of amidine groups is 2. The van der Waals surface area contributed by atoms with E-state index in [0.717, 1.165) is 21.8 Å². The van der Waals surface area contributed by atoms with Gasteiger partial charge in [-0.2, -0.15) is 0 Å². The lowest BCUT2D eigenvalue weighted by Crippen LogP contribution is -2.39. The molecule has 0 spiro atoms. The van der Waals surface area contributed by atoms with Gasteiger partial charge in [0.1, 0.15) is 11.9 Å². The largest absolute Gasteiger partial charge is 0.341 e. The van der Waals surface area contributed by atoms with E-state index in [-0.39, 0.29) is 6.04 Å². The monoisotopic (exact) mass is 394 g/mol. The van der Waals surface area contributed by atoms with Gasteiger partial charge in [0.15, 0.2) is 10.8 Å². The number of hydrogen-bond acceptors (Lipinski definition) is 6. The topological polar surface area (TPSA) is 87.7 Å². The van der Waals surface area contributed by atoms with Crippen molar-refractivity contribution in [2.75, 3.05) is 14.2 Å². The molecule has 0 fully saturated rings. The maximum absolute atomic E-state index is 9.50. The number of alkyl halides is 1. The molecule has 138 valence electrons. The van der Waals surface area contributed by atoms with Crippen LogP contribution in [0, 0.1) is 0 Å². The Bertz CT molecular complexity index is 832. The molecule has 0 saturated heterocycles. The number of thiazole rings is 1. The van der Waals surface area contributed by atoms with Gasteiger partial charge in [0.25, 0.3) is 0 Å². The van der Waals surface area contributed by atoms with E-state index in [9.17, 15) is 4.39 Å². The Morgan fingerprint density at radius 3 is 2.69 bits per heavy atom. The summed E-state index contributed by atoms with van der Waals surface area (Å²) in [5.74, 6) is 6.92. The van der Waals surface area contributed by atoms with Crippen LogP contribution in [0.2, 0.25) is 5.02 Å². The first-order valence-electron chi connectivity index (χ1n) is 7.67. The van der Waals surface area contributed by atoms with Gasteiger partial charge in [-0.1, -0.05) is 29.8 Å². The smallest absolute Gasteiger partial charge is 0.163 e. The molecule has 1 aliphatic rings. The fourth-order valence-corrected chi connectivity index (χ4v) is 3.44. The Labute approximate surface area is 160 Å². The molecule has 1 aromatic heterocycles. The number of hydrazine groups is 1. The van der Waals surface area contributed by atoms with Gasteiger partial charge >= 0.3 is 0 Å². The van der Waals surface area contributed by atoms with Gasteiger partial charge in [-0.05, 0) is 18.6 Å². The van der Waals surface area contributed by atoms with E-state index in [1.54, 1.807) is 13.2 Å². The number of benzene rings is 1. The number of halogens is 2. The normalized spacial score (nSPS) is 17.1. The SMILES string of the molecule is CF.CN=C(NN)C1=C(C)NC(c2nccs2)=NC1c1ccccc1Cl. The van der Waals surface area contributed by atoms with E-state index >= 15 is 0 Å². The van der Waals surface area contributed by atoms with Gasteiger partial charge in [0.05, 0.1) is 7.18 Å². The van der Waals surface area contributed by atoms with Crippen LogP contribution in [-0.4, -0.2) is 30.9 Å². The fourth-order valence-electron chi connectivity index (χ4n) is 2.62. The maximum Gasteiger partial charge on any atom is 0.163 e. The number of allylic oxidation sites excluding steroid dienone is 1. The molecule has 26 heavy (non-hydrogen) atoms. The molecule has 0 radical (unpaired) electrons. The number of nitrogens with two attached hydrogens (primary N) is 1. The van der Waals surface area contributed by atoms with Crippen LogP contribution in [0.25, 0.3) is 0 Å². The van der Waals surface area contributed by atoms with Crippen LogP contribution in [-0.2, 0) is 0 Å². The van der Waals surface area contributed by atoms with Crippen LogP contribution in [0.4, 0.5) is 4.39 Å². The van der Waals surface area contributed by atoms with Crippen molar-refractivity contribution in [2.45, 2.75) is 13.0 Å². The molecule has 2 heterocycles. The van der Waals surface area contributed by atoms with E-state index in [1.165, 1.54) is 11.3 Å². The third-order valence-corrected chi connectivity index (χ3v) is 4.82. The number of nitrogens with one attached hydrogen (secondary N) is 2. The van der Waals surface area contributed by atoms with Crippen LogP contribution < -0.4 is 16.6 Å². The second-order valence-corrected chi connectivity index (χ2v) is 6.42. The standard InChI is InChI=1S/C16H17ClN6S.CH3F/c1-9-12(14(19-2)23-18)13(10-5-3-4-6-11(10)17)22-15(21-9)16-20-7-8-24-16;1-2/h3-8,13H,18H2,1-2H3,(H,19,23)(H,21,22);1H3. The number of aromatic nitrogens is 1. The van der Waals surface area contributed by atoms with E-state index < -0.39 is 0 Å². The molecule has 0 amide bonds. The zero-order valence-electron chi connectivity index (χ0n) is 14.6. The number of nitrogens with zero attached hydrogens (tertiary/aromatic N) is 3. The highest BCUT2D eigenvalue weighted by Crippen LogP contribution is 2.35. The summed E-state index contributed by atoms with van der Waals surface area (Å²) < 4.78 is 9.50. The van der Waals surface area contributed by atoms with Crippen LogP contribution in [0.3, 0.4) is 0 Å². The van der Waals surface area contributed by atoms with Gasteiger partial charge in [0.2, 0.25) is 0 Å². The van der Waals surface area contributed by atoms with Gasteiger partial charge in [-0.15, -0.1) is 11.3 Å². The average molecular weight is 395 g/mol. The molecular weight excluding hydrogens is 375 g/mol. The molecule has 0 saturated carbocycles. The third-order valence-electron chi connectivity index (χ3n) is 3.69. The molecule has 1 unspecified atom stereocenters. The van der Waals surface area contributed by atoms with Gasteiger partial charge in [0, 0.05) is 34.9 Å². The first kappa shape index (κ1) is 20.0. The quantitative estimate of drug-likeness (QED) is 0.323. The van der Waals surface area contributed by atoms with Crippen molar-refractivity contribution in [1.29, 1.82) is 0 Å². The third kappa shape index (κ3) is 4.09. The van der Waals surface area contributed by atoms with Crippen LogP contribution in [0.1, 0.15) is 23.5 Å². The summed E-state index contributed by atoms with van der Waals surface area (Å²) in [7, 11) is 2.18. The Morgan fingerprint density at radius 1 is 1.38 bits per heavy atom. The highest BCUT2D eigenvalue weighted by atomic mass is 35.5. The summed E-state index contributed by atoms with van der Waals surface area (Å²) in [5, 5.41) is 6.67. The lowest BCUT2D eigenvalue weighted by atomic mass is 9.95. The number of rotatable bonds is 3. The minimum Gasteiger partial charge on any atom is -0.341 e. The predicted molar refractivity (Wildman–Crippen MR) is 106 cm³/mol. The van der Waals surface area contributed by atoms with Gasteiger partial charge in [-0.25, -0.2) is 10.8 Å². The fraction of sp³-hybridized carbons (Fsp3) is 0.235. The molecular formula is C17H20ClFN6S. The summed E-state index contributed by atoms with van der Waals surface area (Å²) in [6.07, 6.45) is 1.75. The Kier molecular flexibility index (Phi) is 7.26. The van der Waals surface area contributed by atoms with E-state index in [0.29, 0.717) is 23.9 Å². The van der Waals surface area contributed by atoms with Crippen molar-refractivity contribution in [3.05, 3.63) is 62.7 Å². The summed E-state index contributed by atoms with van der Waals surface area (Å²) in [5.41, 5.74) is 5.29. The van der Waals surface area contributed by atoms with Crippen molar-refractivity contribution in [3.8, 4) is 0 Å². The molecule has 0 aliphatic carbocycles. The molecule has 1 aliphatic heterocycles. The Balaban J connectivity index is 0.00000117. The highest BCUT2D eigenvalue weighted by Gasteiger charge is 2.29. The molecule has 0 bridgehead atoms. The molecule has 2 aromatic rings. The molecule has 1 aromatic carbocycles. The Hall–Kier alpha value is -2.29. The molecule has 4 N–H and O–H groups in total. The minimum atomic E-state index is -0.325. The van der Waals surface area contributed by atoms with Crippen molar-refractivity contribution in [2.24, 2.45) is 15.8 Å². The van der Waals surface area contributed by atoms with Crippen LogP contribution >= 0.6 is 22.9 Å². The number of aliphatic imine (C=N–C) groups is 2. The van der Waals surface area contributed by atoms with E-state index in [1.807, 2.05) is 36.6 Å². The molecule has 9 heteroatoms. The molecule has 3 rings (SSSR count). The first-order chi connectivity index (χ1) is 12.7. The maximum atomic E-state index is 9.50. The molecule has 1 atom stereocenters. The van der Waals surface area contributed by atoms with Gasteiger partial charge in [-0.3, -0.25) is 14.4 Å². The lowest BCUT2D eigenvalue weighted by Gasteiger charge is -2.27. The average Bonchev–Trinajstić information content (AvgIpc) is 3.20. The summed E-state index contributed by atoms with van der Waals surface area (Å²) in [6, 6.07) is 7.31.